The number of aromatic amines is 1. The average molecular weight is 429 g/mol. The summed E-state index contributed by atoms with van der Waals surface area (Å²) < 4.78 is 55.6. The number of pyridine rings is 1. The highest BCUT2D eigenvalue weighted by Crippen LogP contribution is 2.43. The molecule has 0 saturated carbocycles. The number of rotatable bonds is 5. The number of fused-ring (bicyclic) bond motifs is 1. The largest absolute Gasteiger partial charge is 0.417 e. The number of H-pyrrole nitrogens is 1. The lowest BCUT2D eigenvalue weighted by atomic mass is 9.72. The van der Waals surface area contributed by atoms with Crippen LogP contribution in [0.3, 0.4) is 0 Å². The molecule has 0 aliphatic carbocycles. The number of aliphatic hydroxyl groups is 1. The van der Waals surface area contributed by atoms with Crippen LogP contribution in [-0.4, -0.2) is 26.9 Å². The highest BCUT2D eigenvalue weighted by molar-refractivity contribution is 6.31. The topological polar surface area (TPSA) is 48.9 Å². The summed E-state index contributed by atoms with van der Waals surface area (Å²) in [6.07, 6.45) is -4.83. The van der Waals surface area contributed by atoms with Crippen molar-refractivity contribution in [1.82, 2.24) is 9.97 Å². The Bertz CT molecular complexity index is 1040. The monoisotopic (exact) mass is 428 g/mol. The molecule has 1 atom stereocenters. The van der Waals surface area contributed by atoms with E-state index < -0.39 is 35.9 Å². The number of aryl methyl sites for hydroxylation is 1. The van der Waals surface area contributed by atoms with Crippen molar-refractivity contribution in [2.45, 2.75) is 50.8 Å². The molecule has 0 aliphatic heterocycles. The van der Waals surface area contributed by atoms with Crippen LogP contribution in [0.25, 0.3) is 11.0 Å². The van der Waals surface area contributed by atoms with Crippen LogP contribution in [0.5, 0.6) is 0 Å². The van der Waals surface area contributed by atoms with Gasteiger partial charge in [0.15, 0.2) is 5.60 Å². The second kappa shape index (κ2) is 7.29. The Morgan fingerprint density at radius 3 is 2.48 bits per heavy atom. The molecule has 0 amide bonds. The Balaban J connectivity index is 1.98. The smallest absolute Gasteiger partial charge is 0.380 e. The quantitative estimate of drug-likeness (QED) is 0.499. The molecule has 0 radical (unpaired) electrons. The van der Waals surface area contributed by atoms with E-state index >= 15 is 0 Å². The first-order chi connectivity index (χ1) is 13.3. The molecule has 2 aromatic heterocycles. The molecule has 1 unspecified atom stereocenters. The van der Waals surface area contributed by atoms with Crippen molar-refractivity contribution < 1.29 is 22.7 Å². The fraction of sp³-hybridized carbons (Fsp3) is 0.381. The van der Waals surface area contributed by atoms with E-state index in [-0.39, 0.29) is 5.69 Å². The Kier molecular flexibility index (Phi) is 5.43. The third-order valence-electron chi connectivity index (χ3n) is 5.17. The third-order valence-corrected chi connectivity index (χ3v) is 5.37. The molecule has 3 rings (SSSR count). The zero-order chi connectivity index (χ0) is 21.6. The van der Waals surface area contributed by atoms with Crippen LogP contribution in [0, 0.1) is 12.7 Å². The number of alkyl halides is 3. The minimum absolute atomic E-state index is 0.182. The van der Waals surface area contributed by atoms with E-state index in [1.165, 1.54) is 30.5 Å². The van der Waals surface area contributed by atoms with Crippen LogP contribution in [0.15, 0.2) is 36.5 Å². The summed E-state index contributed by atoms with van der Waals surface area (Å²) in [7, 11) is 0. The SMILES string of the molecule is Cc1ccc(F)cc1C(C)(C)CC(O)(Cc1cc2ncc(Cl)cc2[nH]1)C(F)(F)F. The lowest BCUT2D eigenvalue weighted by molar-refractivity contribution is -0.266. The number of aromatic nitrogens is 2. The maximum atomic E-state index is 14.0. The van der Waals surface area contributed by atoms with Crippen LogP contribution < -0.4 is 0 Å². The van der Waals surface area contributed by atoms with E-state index in [1.54, 1.807) is 26.8 Å². The molecule has 3 aromatic rings. The van der Waals surface area contributed by atoms with E-state index in [9.17, 15) is 22.7 Å². The fourth-order valence-electron chi connectivity index (χ4n) is 3.86. The van der Waals surface area contributed by atoms with Crippen molar-refractivity contribution in [3.63, 3.8) is 0 Å². The molecular formula is C21H21ClF4N2O. The maximum Gasteiger partial charge on any atom is 0.417 e. The van der Waals surface area contributed by atoms with E-state index in [0.717, 1.165) is 0 Å². The number of benzene rings is 1. The van der Waals surface area contributed by atoms with Crippen LogP contribution in [-0.2, 0) is 11.8 Å². The molecule has 2 heterocycles. The van der Waals surface area contributed by atoms with Crippen molar-refractivity contribution in [1.29, 1.82) is 0 Å². The first-order valence-electron chi connectivity index (χ1n) is 9.00. The maximum absolute atomic E-state index is 14.0. The molecular weight excluding hydrogens is 408 g/mol. The summed E-state index contributed by atoms with van der Waals surface area (Å²) in [6.45, 7) is 4.84. The molecule has 8 heteroatoms. The first-order valence-corrected chi connectivity index (χ1v) is 9.37. The molecule has 0 fully saturated rings. The van der Waals surface area contributed by atoms with Gasteiger partial charge in [-0.3, -0.25) is 4.98 Å². The molecule has 0 aliphatic rings. The highest BCUT2D eigenvalue weighted by Gasteiger charge is 2.56. The number of nitrogens with one attached hydrogen (secondary N) is 1. The first kappa shape index (κ1) is 21.6. The van der Waals surface area contributed by atoms with Gasteiger partial charge in [-0.15, -0.1) is 0 Å². The molecule has 2 N–H and O–H groups in total. The molecule has 29 heavy (non-hydrogen) atoms. The molecule has 156 valence electrons. The van der Waals surface area contributed by atoms with E-state index in [2.05, 4.69) is 9.97 Å². The Labute approximate surface area is 170 Å². The summed E-state index contributed by atoms with van der Waals surface area (Å²) in [5.74, 6) is -0.534. The Morgan fingerprint density at radius 2 is 1.83 bits per heavy atom. The van der Waals surface area contributed by atoms with Gasteiger partial charge in [0.2, 0.25) is 0 Å². The van der Waals surface area contributed by atoms with Crippen molar-refractivity contribution in [3.05, 3.63) is 64.2 Å². The van der Waals surface area contributed by atoms with Crippen LogP contribution >= 0.6 is 11.6 Å². The lowest BCUT2D eigenvalue weighted by Crippen LogP contribution is -2.51. The van der Waals surface area contributed by atoms with Crippen molar-refractivity contribution in [2.75, 3.05) is 0 Å². The summed E-state index contributed by atoms with van der Waals surface area (Å²) in [5.41, 5.74) is -1.97. The fourth-order valence-corrected chi connectivity index (χ4v) is 4.02. The normalized spacial score (nSPS) is 14.9. The van der Waals surface area contributed by atoms with E-state index in [4.69, 9.17) is 11.6 Å². The predicted octanol–water partition coefficient (Wildman–Crippen LogP) is 5.87. The summed E-state index contributed by atoms with van der Waals surface area (Å²) in [6, 6.07) is 7.02. The van der Waals surface area contributed by atoms with Gasteiger partial charge in [-0.2, -0.15) is 13.2 Å². The zero-order valence-corrected chi connectivity index (χ0v) is 16.9. The van der Waals surface area contributed by atoms with Crippen LogP contribution in [0.1, 0.15) is 37.1 Å². The van der Waals surface area contributed by atoms with Gasteiger partial charge in [0.1, 0.15) is 5.82 Å². The van der Waals surface area contributed by atoms with Gasteiger partial charge in [-0.1, -0.05) is 31.5 Å². The number of hydrogen-bond acceptors (Lipinski definition) is 2. The second-order valence-electron chi connectivity index (χ2n) is 8.11. The van der Waals surface area contributed by atoms with Crippen molar-refractivity contribution >= 4 is 22.6 Å². The predicted molar refractivity (Wildman–Crippen MR) is 105 cm³/mol. The lowest BCUT2D eigenvalue weighted by Gasteiger charge is -2.38. The van der Waals surface area contributed by atoms with E-state index in [1.807, 2.05) is 0 Å². The van der Waals surface area contributed by atoms with Crippen LogP contribution in [0.4, 0.5) is 17.6 Å². The van der Waals surface area contributed by atoms with Crippen molar-refractivity contribution in [2.24, 2.45) is 0 Å². The van der Waals surface area contributed by atoms with Crippen LogP contribution in [0.2, 0.25) is 5.02 Å². The summed E-state index contributed by atoms with van der Waals surface area (Å²) >= 11 is 5.87. The second-order valence-corrected chi connectivity index (χ2v) is 8.54. The van der Waals surface area contributed by atoms with E-state index in [0.29, 0.717) is 27.2 Å². The van der Waals surface area contributed by atoms with Gasteiger partial charge in [-0.25, -0.2) is 4.39 Å². The van der Waals surface area contributed by atoms with Gasteiger partial charge in [0.25, 0.3) is 0 Å². The van der Waals surface area contributed by atoms with Gasteiger partial charge in [0.05, 0.1) is 16.1 Å². The standard InChI is InChI=1S/C21H21ClF4N2O/c1-12-4-5-14(23)7-16(12)19(2,3)11-20(29,21(24,25)26)9-15-8-17-18(28-15)6-13(22)10-27-17/h4-8,10,28-29H,9,11H2,1-3H3. The highest BCUT2D eigenvalue weighted by atomic mass is 35.5. The minimum atomic E-state index is -4.89. The molecule has 0 spiro atoms. The zero-order valence-electron chi connectivity index (χ0n) is 16.2. The molecule has 0 saturated heterocycles. The van der Waals surface area contributed by atoms with Gasteiger partial charge in [-0.05, 0) is 54.2 Å². The molecule has 3 nitrogen and oxygen atoms in total. The Morgan fingerprint density at radius 1 is 1.14 bits per heavy atom. The summed E-state index contributed by atoms with van der Waals surface area (Å²) in [5, 5.41) is 11.1. The van der Waals surface area contributed by atoms with Gasteiger partial charge in [0, 0.05) is 18.3 Å². The number of hydrogen-bond donors (Lipinski definition) is 2. The summed E-state index contributed by atoms with van der Waals surface area (Å²) in [4.78, 5) is 6.91. The number of nitrogens with zero attached hydrogens (tertiary/aromatic N) is 1. The molecule has 0 bridgehead atoms. The van der Waals surface area contributed by atoms with Gasteiger partial charge < -0.3 is 10.1 Å². The third kappa shape index (κ3) is 4.41. The molecule has 1 aromatic carbocycles. The number of halogens is 5. The average Bonchev–Trinajstić information content (AvgIpc) is 2.96. The minimum Gasteiger partial charge on any atom is -0.380 e. The Hall–Kier alpha value is -2.12. The van der Waals surface area contributed by atoms with Crippen molar-refractivity contribution in [3.8, 4) is 0 Å². The van der Waals surface area contributed by atoms with Gasteiger partial charge >= 0.3 is 6.18 Å².